The Hall–Kier alpha value is -1.74. The predicted molar refractivity (Wildman–Crippen MR) is 76.3 cm³/mol. The number of rotatable bonds is 1. The average molecular weight is 270 g/mol. The van der Waals surface area contributed by atoms with Gasteiger partial charge in [0.15, 0.2) is 0 Å². The monoisotopic (exact) mass is 270 g/mol. The molecule has 2 aromatic rings. The summed E-state index contributed by atoms with van der Waals surface area (Å²) in [6.45, 7) is 0. The number of hydrogen-bond donors (Lipinski definition) is 0. The SMILES string of the molecule is COC(=O)C1c2ccccc2CSc2ccccc21. The highest BCUT2D eigenvalue weighted by molar-refractivity contribution is 7.98. The van der Waals surface area contributed by atoms with Gasteiger partial charge in [0.2, 0.25) is 0 Å². The molecule has 1 unspecified atom stereocenters. The van der Waals surface area contributed by atoms with E-state index >= 15 is 0 Å². The Labute approximate surface area is 116 Å². The highest BCUT2D eigenvalue weighted by Gasteiger charge is 2.30. The van der Waals surface area contributed by atoms with Gasteiger partial charge in [-0.2, -0.15) is 0 Å². The third kappa shape index (κ3) is 2.15. The fourth-order valence-corrected chi connectivity index (χ4v) is 3.59. The number of thioether (sulfide) groups is 1. The molecule has 2 nitrogen and oxygen atoms in total. The highest BCUT2D eigenvalue weighted by atomic mass is 32.2. The van der Waals surface area contributed by atoms with Crippen molar-refractivity contribution in [3.8, 4) is 0 Å². The van der Waals surface area contributed by atoms with Crippen molar-refractivity contribution in [2.75, 3.05) is 7.11 Å². The van der Waals surface area contributed by atoms with Crippen molar-refractivity contribution in [3.63, 3.8) is 0 Å². The van der Waals surface area contributed by atoms with Gasteiger partial charge in [0, 0.05) is 10.6 Å². The van der Waals surface area contributed by atoms with E-state index in [0.717, 1.165) is 21.8 Å². The number of methoxy groups -OCH3 is 1. The van der Waals surface area contributed by atoms with Crippen LogP contribution >= 0.6 is 11.8 Å². The van der Waals surface area contributed by atoms with Gasteiger partial charge in [-0.3, -0.25) is 4.79 Å². The molecule has 19 heavy (non-hydrogen) atoms. The summed E-state index contributed by atoms with van der Waals surface area (Å²) in [7, 11) is 1.45. The summed E-state index contributed by atoms with van der Waals surface area (Å²) < 4.78 is 5.01. The molecule has 0 bridgehead atoms. The van der Waals surface area contributed by atoms with Crippen LogP contribution in [0.25, 0.3) is 0 Å². The minimum Gasteiger partial charge on any atom is -0.468 e. The molecule has 1 atom stereocenters. The summed E-state index contributed by atoms with van der Waals surface area (Å²) in [6.07, 6.45) is 0. The second-order valence-electron chi connectivity index (χ2n) is 4.48. The molecule has 1 heterocycles. The Morgan fingerprint density at radius 2 is 1.79 bits per heavy atom. The van der Waals surface area contributed by atoms with Crippen LogP contribution < -0.4 is 0 Å². The first-order valence-electron chi connectivity index (χ1n) is 6.18. The molecule has 96 valence electrons. The highest BCUT2D eigenvalue weighted by Crippen LogP contribution is 2.40. The lowest BCUT2D eigenvalue weighted by Crippen LogP contribution is -2.16. The Morgan fingerprint density at radius 3 is 2.58 bits per heavy atom. The molecule has 0 amide bonds. The van der Waals surface area contributed by atoms with Gasteiger partial charge < -0.3 is 4.74 Å². The summed E-state index contributed by atoms with van der Waals surface area (Å²) in [5.74, 6) is 0.385. The van der Waals surface area contributed by atoms with Crippen LogP contribution in [-0.4, -0.2) is 13.1 Å². The number of fused-ring (bicyclic) bond motifs is 2. The zero-order valence-electron chi connectivity index (χ0n) is 10.6. The molecule has 0 spiro atoms. The lowest BCUT2D eigenvalue weighted by atomic mass is 9.88. The number of ether oxygens (including phenoxy) is 1. The quantitative estimate of drug-likeness (QED) is 0.741. The Bertz CT molecular complexity index is 574. The number of esters is 1. The summed E-state index contributed by atoms with van der Waals surface area (Å²) in [4.78, 5) is 13.4. The molecule has 1 aliphatic heterocycles. The van der Waals surface area contributed by atoms with Crippen molar-refractivity contribution < 1.29 is 9.53 Å². The number of benzene rings is 2. The van der Waals surface area contributed by atoms with Crippen LogP contribution in [0.4, 0.5) is 0 Å². The lowest BCUT2D eigenvalue weighted by Gasteiger charge is -2.17. The van der Waals surface area contributed by atoms with Crippen LogP contribution in [0.15, 0.2) is 53.4 Å². The molecule has 0 saturated carbocycles. The first-order chi connectivity index (χ1) is 9.31. The Kier molecular flexibility index (Phi) is 3.30. The van der Waals surface area contributed by atoms with Gasteiger partial charge >= 0.3 is 5.97 Å². The minimum absolute atomic E-state index is 0.192. The molecule has 0 fully saturated rings. The fraction of sp³-hybridized carbons (Fsp3) is 0.188. The zero-order valence-corrected chi connectivity index (χ0v) is 11.4. The fourth-order valence-electron chi connectivity index (χ4n) is 2.49. The molecule has 3 heteroatoms. The van der Waals surface area contributed by atoms with E-state index in [2.05, 4.69) is 12.1 Å². The van der Waals surface area contributed by atoms with Crippen molar-refractivity contribution in [2.45, 2.75) is 16.6 Å². The maximum Gasteiger partial charge on any atom is 0.317 e. The standard InChI is InChI=1S/C16H14O2S/c1-18-16(17)15-12-7-3-2-6-11(12)10-19-14-9-5-4-8-13(14)15/h2-9,15H,10H2,1H3. The molecular formula is C16H14O2S. The number of carbonyl (C=O) groups is 1. The summed E-state index contributed by atoms with van der Waals surface area (Å²) >= 11 is 1.78. The minimum atomic E-state index is -0.313. The zero-order chi connectivity index (χ0) is 13.2. The van der Waals surface area contributed by atoms with Gasteiger partial charge in [-0.05, 0) is 22.8 Å². The molecular weight excluding hydrogens is 256 g/mol. The topological polar surface area (TPSA) is 26.3 Å². The van der Waals surface area contributed by atoms with Gasteiger partial charge in [0.1, 0.15) is 5.92 Å². The summed E-state index contributed by atoms with van der Waals surface area (Å²) in [6, 6.07) is 16.2. The molecule has 1 aliphatic rings. The van der Waals surface area contributed by atoms with E-state index in [1.165, 1.54) is 12.7 Å². The van der Waals surface area contributed by atoms with Crippen LogP contribution in [0, 0.1) is 0 Å². The van der Waals surface area contributed by atoms with Crippen LogP contribution in [0.1, 0.15) is 22.6 Å². The van der Waals surface area contributed by atoms with E-state index in [-0.39, 0.29) is 11.9 Å². The number of carbonyl (C=O) groups excluding carboxylic acids is 1. The predicted octanol–water partition coefficient (Wildman–Crippen LogP) is 3.60. The molecule has 2 aromatic carbocycles. The molecule has 0 aromatic heterocycles. The third-order valence-electron chi connectivity index (χ3n) is 3.42. The molecule has 0 N–H and O–H groups in total. The molecule has 0 saturated heterocycles. The summed E-state index contributed by atoms with van der Waals surface area (Å²) in [5, 5.41) is 0. The Morgan fingerprint density at radius 1 is 1.11 bits per heavy atom. The first-order valence-corrected chi connectivity index (χ1v) is 7.17. The van der Waals surface area contributed by atoms with Gasteiger partial charge in [0.05, 0.1) is 7.11 Å². The van der Waals surface area contributed by atoms with Crippen molar-refractivity contribution in [3.05, 3.63) is 65.2 Å². The van der Waals surface area contributed by atoms with Crippen LogP contribution in [-0.2, 0) is 15.3 Å². The van der Waals surface area contributed by atoms with Crippen LogP contribution in [0.2, 0.25) is 0 Å². The van der Waals surface area contributed by atoms with E-state index in [1.54, 1.807) is 11.8 Å². The van der Waals surface area contributed by atoms with E-state index in [1.807, 2.05) is 36.4 Å². The van der Waals surface area contributed by atoms with E-state index < -0.39 is 0 Å². The van der Waals surface area contributed by atoms with Gasteiger partial charge in [-0.25, -0.2) is 0 Å². The van der Waals surface area contributed by atoms with Crippen molar-refractivity contribution >= 4 is 17.7 Å². The van der Waals surface area contributed by atoms with Crippen molar-refractivity contribution in [1.29, 1.82) is 0 Å². The van der Waals surface area contributed by atoms with Gasteiger partial charge in [-0.1, -0.05) is 42.5 Å². The van der Waals surface area contributed by atoms with Crippen molar-refractivity contribution in [1.82, 2.24) is 0 Å². The first kappa shape index (κ1) is 12.3. The van der Waals surface area contributed by atoms with E-state index in [4.69, 9.17) is 4.74 Å². The van der Waals surface area contributed by atoms with E-state index in [0.29, 0.717) is 0 Å². The van der Waals surface area contributed by atoms with Crippen LogP contribution in [0.5, 0.6) is 0 Å². The van der Waals surface area contributed by atoms with E-state index in [9.17, 15) is 4.79 Å². The third-order valence-corrected chi connectivity index (χ3v) is 4.55. The maximum absolute atomic E-state index is 12.2. The van der Waals surface area contributed by atoms with Crippen molar-refractivity contribution in [2.24, 2.45) is 0 Å². The lowest BCUT2D eigenvalue weighted by molar-refractivity contribution is -0.141. The normalized spacial score (nSPS) is 17.0. The number of hydrogen-bond acceptors (Lipinski definition) is 3. The largest absolute Gasteiger partial charge is 0.468 e. The average Bonchev–Trinajstić information content (AvgIpc) is 2.63. The smallest absolute Gasteiger partial charge is 0.317 e. The summed E-state index contributed by atoms with van der Waals surface area (Å²) in [5.41, 5.74) is 3.32. The molecule has 3 rings (SSSR count). The molecule has 0 aliphatic carbocycles. The molecule has 0 radical (unpaired) electrons. The second-order valence-corrected chi connectivity index (χ2v) is 5.50. The van der Waals surface area contributed by atoms with Gasteiger partial charge in [0.25, 0.3) is 0 Å². The maximum atomic E-state index is 12.2. The van der Waals surface area contributed by atoms with Crippen LogP contribution in [0.3, 0.4) is 0 Å². The Balaban J connectivity index is 2.22. The van der Waals surface area contributed by atoms with Gasteiger partial charge in [-0.15, -0.1) is 11.8 Å². The second kappa shape index (κ2) is 5.10.